The van der Waals surface area contributed by atoms with Crippen LogP contribution in [0.3, 0.4) is 0 Å². The van der Waals surface area contributed by atoms with E-state index in [4.69, 9.17) is 32.8 Å². The van der Waals surface area contributed by atoms with Gasteiger partial charge in [-0.1, -0.05) is 168 Å². The van der Waals surface area contributed by atoms with E-state index >= 15 is 0 Å². The lowest BCUT2D eigenvalue weighted by atomic mass is 9.99. The van der Waals surface area contributed by atoms with Gasteiger partial charge < -0.3 is 38.0 Å². The highest BCUT2D eigenvalue weighted by Gasteiger charge is 2.51. The molecular formula is C51H72O9Si2. The maximum atomic E-state index is 13.6. The summed E-state index contributed by atoms with van der Waals surface area (Å²) in [5.41, 5.74) is 2.08. The molecule has 0 fully saturated rings. The van der Waals surface area contributed by atoms with Gasteiger partial charge in [-0.05, 0) is 45.4 Å². The Labute approximate surface area is 373 Å². The quantitative estimate of drug-likeness (QED) is 0.0229. The van der Waals surface area contributed by atoms with Crippen molar-refractivity contribution in [1.29, 1.82) is 0 Å². The number of carbonyl (C=O) groups excluding carboxylic acids is 1. The molecule has 0 saturated carbocycles. The van der Waals surface area contributed by atoms with Crippen molar-refractivity contribution in [2.45, 2.75) is 121 Å². The van der Waals surface area contributed by atoms with E-state index in [1.54, 1.807) is 6.08 Å². The summed E-state index contributed by atoms with van der Waals surface area (Å²) in [6.45, 7) is 19.4. The third-order valence-electron chi connectivity index (χ3n) is 10.6. The van der Waals surface area contributed by atoms with Crippen LogP contribution < -0.4 is 10.4 Å². The number of hydrogen-bond acceptors (Lipinski definition) is 9. The van der Waals surface area contributed by atoms with Gasteiger partial charge in [0.25, 0.3) is 8.32 Å². The number of carbonyl (C=O) groups is 1. The highest BCUT2D eigenvalue weighted by atomic mass is 28.4. The summed E-state index contributed by atoms with van der Waals surface area (Å²) in [5.74, 6) is -0.113. The molecule has 0 amide bonds. The van der Waals surface area contributed by atoms with Crippen LogP contribution in [0.2, 0.25) is 30.7 Å². The van der Waals surface area contributed by atoms with Crippen LogP contribution in [0, 0.1) is 0 Å². The molecule has 338 valence electrons. The van der Waals surface area contributed by atoms with Crippen LogP contribution in [0.25, 0.3) is 0 Å². The van der Waals surface area contributed by atoms with Gasteiger partial charge in [-0.25, -0.2) is 0 Å². The van der Waals surface area contributed by atoms with Crippen molar-refractivity contribution >= 4 is 32.5 Å². The van der Waals surface area contributed by atoms with Crippen LogP contribution in [0.4, 0.5) is 0 Å². The van der Waals surface area contributed by atoms with Gasteiger partial charge in [0, 0.05) is 33.9 Å². The van der Waals surface area contributed by atoms with Gasteiger partial charge >= 0.3 is 0 Å². The monoisotopic (exact) mass is 884 g/mol. The van der Waals surface area contributed by atoms with E-state index in [2.05, 4.69) is 95.5 Å². The molecule has 62 heavy (non-hydrogen) atoms. The first-order valence-electron chi connectivity index (χ1n) is 22.0. The second-order valence-electron chi connectivity index (χ2n) is 18.2. The first-order chi connectivity index (χ1) is 29.8. The zero-order valence-electron chi connectivity index (χ0n) is 38.0. The molecule has 4 aromatic rings. The summed E-state index contributed by atoms with van der Waals surface area (Å²) in [4.78, 5) is 13.6. The van der Waals surface area contributed by atoms with Crippen LogP contribution in [-0.2, 0) is 50.9 Å². The number of Topliss-reactive ketones (excluding diaryl/α,β-unsaturated/α-hetero) is 1. The molecule has 9 nitrogen and oxygen atoms in total. The fourth-order valence-electron chi connectivity index (χ4n) is 7.43. The van der Waals surface area contributed by atoms with Crippen molar-refractivity contribution in [3.8, 4) is 0 Å². The zero-order valence-corrected chi connectivity index (χ0v) is 40.0. The lowest BCUT2D eigenvalue weighted by Gasteiger charge is -2.46. The van der Waals surface area contributed by atoms with Crippen molar-refractivity contribution in [3.63, 3.8) is 0 Å². The number of ketones is 1. The van der Waals surface area contributed by atoms with E-state index in [0.29, 0.717) is 32.7 Å². The average molecular weight is 885 g/mol. The Kier molecular flexibility index (Phi) is 22.1. The summed E-state index contributed by atoms with van der Waals surface area (Å²) in [5, 5.41) is 13.7. The lowest BCUT2D eigenvalue weighted by molar-refractivity contribution is -0.144. The fourth-order valence-corrected chi connectivity index (χ4v) is 12.9. The molecule has 1 unspecified atom stereocenters. The summed E-state index contributed by atoms with van der Waals surface area (Å²) in [6, 6.07) is 41.7. The van der Waals surface area contributed by atoms with Crippen LogP contribution in [0.15, 0.2) is 134 Å². The Morgan fingerprint density at radius 1 is 0.645 bits per heavy atom. The number of benzene rings is 4. The molecular weight excluding hydrogens is 813 g/mol. The van der Waals surface area contributed by atoms with E-state index in [-0.39, 0.29) is 57.1 Å². The van der Waals surface area contributed by atoms with E-state index in [1.807, 2.05) is 72.8 Å². The first-order valence-corrected chi connectivity index (χ1v) is 27.6. The smallest absolute Gasteiger partial charge is 0.261 e. The van der Waals surface area contributed by atoms with Crippen LogP contribution in [0.1, 0.15) is 64.0 Å². The van der Waals surface area contributed by atoms with Crippen LogP contribution in [-0.4, -0.2) is 85.3 Å². The van der Waals surface area contributed by atoms with Crippen molar-refractivity contribution in [3.05, 3.63) is 145 Å². The van der Waals surface area contributed by atoms with E-state index in [0.717, 1.165) is 27.5 Å². The van der Waals surface area contributed by atoms with E-state index < -0.39 is 40.8 Å². The highest BCUT2D eigenvalue weighted by Crippen LogP contribution is 2.39. The molecule has 0 aliphatic heterocycles. The van der Waals surface area contributed by atoms with Gasteiger partial charge in [0.15, 0.2) is 0 Å². The Morgan fingerprint density at radius 2 is 1.15 bits per heavy atom. The largest absolute Gasteiger partial charge is 0.404 e. The third-order valence-corrected chi connectivity index (χ3v) is 17.4. The molecule has 0 radical (unpaired) electrons. The topological polar surface area (TPSA) is 102 Å². The SMILES string of the molecule is C=CC[C@@H](CC(=O)CC(O)C[C@H](C[C@H](COCOCC[Si](C)(C)C)OCOCc1ccccc1)O[Si](c1ccccc1)(c1ccccc1)C(C)(C)C)OCOCc1ccccc1. The highest BCUT2D eigenvalue weighted by molar-refractivity contribution is 6.99. The molecule has 0 aromatic heterocycles. The average Bonchev–Trinajstić information content (AvgIpc) is 3.24. The maximum Gasteiger partial charge on any atom is 0.261 e. The van der Waals surface area contributed by atoms with Gasteiger partial charge in [-0.15, -0.1) is 6.58 Å². The van der Waals surface area contributed by atoms with E-state index in [9.17, 15) is 9.90 Å². The summed E-state index contributed by atoms with van der Waals surface area (Å²) >= 11 is 0. The summed E-state index contributed by atoms with van der Waals surface area (Å²) in [7, 11) is -4.37. The number of aliphatic hydroxyl groups excluding tert-OH is 1. The number of hydrogen-bond donors (Lipinski definition) is 1. The van der Waals surface area contributed by atoms with Gasteiger partial charge in [-0.3, -0.25) is 4.79 Å². The molecule has 4 rings (SSSR count). The summed E-state index contributed by atoms with van der Waals surface area (Å²) < 4.78 is 43.8. The minimum absolute atomic E-state index is 0.0339. The second kappa shape index (κ2) is 26.9. The minimum atomic E-state index is -3.10. The van der Waals surface area contributed by atoms with E-state index in [1.165, 1.54) is 0 Å². The van der Waals surface area contributed by atoms with Gasteiger partial charge in [0.1, 0.15) is 26.2 Å². The molecule has 4 aromatic carbocycles. The molecule has 0 aliphatic rings. The number of ether oxygens (including phenoxy) is 6. The lowest BCUT2D eigenvalue weighted by Crippen LogP contribution is -2.68. The van der Waals surface area contributed by atoms with Gasteiger partial charge in [-0.2, -0.15) is 0 Å². The Morgan fingerprint density at radius 3 is 1.63 bits per heavy atom. The minimum Gasteiger partial charge on any atom is -0.404 e. The second-order valence-corrected chi connectivity index (χ2v) is 28.1. The standard InChI is InChI=1S/C51H72O9Si2/c1-8-21-46(58-40-55-36-42-22-13-9-14-23-42)33-44(52)32-45(53)34-47(60-62(51(2,3)4,49-26-17-11-18-27-49)50-28-19-12-20-29-50)35-48(38-57-39-54-30-31-61(5,6)7)59-41-56-37-43-24-15-10-16-25-43/h8-20,22-29,45-48,53H,1,21,30-41H2,2-7H3/t45?,46-,47+,48+/m0/s1. The predicted molar refractivity (Wildman–Crippen MR) is 254 cm³/mol. The maximum absolute atomic E-state index is 13.6. The predicted octanol–water partition coefficient (Wildman–Crippen LogP) is 9.45. The van der Waals surface area contributed by atoms with Crippen molar-refractivity contribution in [1.82, 2.24) is 0 Å². The molecule has 4 atom stereocenters. The molecule has 0 bridgehead atoms. The Balaban J connectivity index is 1.56. The van der Waals surface area contributed by atoms with Gasteiger partial charge in [0.05, 0.1) is 44.2 Å². The Bertz CT molecular complexity index is 1760. The van der Waals surface area contributed by atoms with Crippen LogP contribution in [0.5, 0.6) is 0 Å². The summed E-state index contributed by atoms with van der Waals surface area (Å²) in [6.07, 6.45) is 0.414. The van der Waals surface area contributed by atoms with Crippen molar-refractivity contribution in [2.24, 2.45) is 0 Å². The molecule has 1 N–H and O–H groups in total. The zero-order chi connectivity index (χ0) is 44.7. The fraction of sp³-hybridized carbons (Fsp3) is 0.471. The molecule has 0 spiro atoms. The molecule has 0 aliphatic carbocycles. The first kappa shape index (κ1) is 51.0. The third kappa shape index (κ3) is 18.2. The van der Waals surface area contributed by atoms with Gasteiger partial charge in [0.2, 0.25) is 0 Å². The van der Waals surface area contributed by atoms with Crippen LogP contribution >= 0.6 is 0 Å². The molecule has 0 heterocycles. The molecule has 11 heteroatoms. The van der Waals surface area contributed by atoms with Crippen molar-refractivity contribution < 1.29 is 42.7 Å². The normalized spacial score (nSPS) is 14.2. The number of rotatable bonds is 31. The van der Waals surface area contributed by atoms with Crippen molar-refractivity contribution in [2.75, 3.05) is 33.6 Å². The Hall–Kier alpha value is -3.60. The molecule has 0 saturated heterocycles. The number of aliphatic hydroxyl groups is 1.